The third kappa shape index (κ3) is 8.88. The van der Waals surface area contributed by atoms with Gasteiger partial charge in [-0.2, -0.15) is 0 Å². The maximum atomic E-state index is 12.8. The molecule has 200 valence electrons. The zero-order valence-corrected chi connectivity index (χ0v) is 24.6. The Labute approximate surface area is 234 Å². The van der Waals surface area contributed by atoms with Crippen molar-refractivity contribution in [3.05, 3.63) is 58.7 Å². The fraction of sp³-hybridized carbons (Fsp3) is 0.517. The van der Waals surface area contributed by atoms with E-state index in [1.54, 1.807) is 11.8 Å². The number of benzene rings is 2. The summed E-state index contributed by atoms with van der Waals surface area (Å²) in [7, 11) is 0. The van der Waals surface area contributed by atoms with Crippen LogP contribution in [0.15, 0.2) is 46.2 Å². The van der Waals surface area contributed by atoms with Crippen molar-refractivity contribution >= 4 is 48.1 Å². The van der Waals surface area contributed by atoms with E-state index >= 15 is 0 Å². The molecule has 1 aliphatic rings. The number of carbonyl (C=O) groups is 2. The first kappa shape index (κ1) is 32.7. The van der Waals surface area contributed by atoms with Crippen LogP contribution in [0.25, 0.3) is 0 Å². The molecule has 3 rings (SSSR count). The van der Waals surface area contributed by atoms with Crippen molar-refractivity contribution < 1.29 is 9.59 Å². The molecule has 0 aliphatic carbocycles. The molecule has 0 saturated carbocycles. The molecule has 0 atom stereocenters. The third-order valence-electron chi connectivity index (χ3n) is 6.91. The molecule has 1 aliphatic heterocycles. The normalized spacial score (nSPS) is 11.9. The molecule has 4 nitrogen and oxygen atoms in total. The van der Waals surface area contributed by atoms with Crippen molar-refractivity contribution in [2.45, 2.75) is 69.6 Å². The van der Waals surface area contributed by atoms with Gasteiger partial charge in [0.2, 0.25) is 0 Å². The molecule has 0 aromatic heterocycles. The van der Waals surface area contributed by atoms with E-state index in [-0.39, 0.29) is 36.4 Å². The van der Waals surface area contributed by atoms with Gasteiger partial charge in [0.15, 0.2) is 11.6 Å². The van der Waals surface area contributed by atoms with E-state index in [0.29, 0.717) is 12.8 Å². The molecule has 0 N–H and O–H groups in total. The van der Waals surface area contributed by atoms with Gasteiger partial charge in [0, 0.05) is 33.8 Å². The SMILES string of the molecule is CCN(CC)CCCC(=O)c1ccc2c(c1)Cc1cc(C(=O)CCCN(CC)CC)ccc1S2.Cl.Cl. The van der Waals surface area contributed by atoms with E-state index in [2.05, 4.69) is 61.8 Å². The molecule has 0 saturated heterocycles. The maximum absolute atomic E-state index is 12.8. The Hall–Kier alpha value is -1.37. The Morgan fingerprint density at radius 3 is 1.44 bits per heavy atom. The van der Waals surface area contributed by atoms with Gasteiger partial charge in [0.1, 0.15) is 0 Å². The predicted octanol–water partition coefficient (Wildman–Crippen LogP) is 7.20. The average molecular weight is 554 g/mol. The fourth-order valence-corrected chi connectivity index (χ4v) is 5.63. The van der Waals surface area contributed by atoms with Crippen LogP contribution in [0.2, 0.25) is 0 Å². The lowest BCUT2D eigenvalue weighted by Gasteiger charge is -2.21. The van der Waals surface area contributed by atoms with Gasteiger partial charge in [0.05, 0.1) is 0 Å². The lowest BCUT2D eigenvalue weighted by molar-refractivity contribution is 0.0967. The monoisotopic (exact) mass is 552 g/mol. The molecule has 0 bridgehead atoms. The van der Waals surface area contributed by atoms with Gasteiger partial charge < -0.3 is 9.80 Å². The summed E-state index contributed by atoms with van der Waals surface area (Å²) in [4.78, 5) is 32.7. The molecule has 2 aromatic rings. The van der Waals surface area contributed by atoms with Crippen LogP contribution in [0.4, 0.5) is 0 Å². The van der Waals surface area contributed by atoms with E-state index < -0.39 is 0 Å². The highest BCUT2D eigenvalue weighted by molar-refractivity contribution is 7.99. The number of ketones is 2. The van der Waals surface area contributed by atoms with Crippen molar-refractivity contribution in [2.24, 2.45) is 0 Å². The fourth-order valence-electron chi connectivity index (χ4n) is 4.60. The van der Waals surface area contributed by atoms with Crippen LogP contribution in [-0.2, 0) is 6.42 Å². The molecule has 0 unspecified atom stereocenters. The van der Waals surface area contributed by atoms with Crippen LogP contribution >= 0.6 is 36.6 Å². The molecule has 0 amide bonds. The number of fused-ring (bicyclic) bond motifs is 2. The van der Waals surface area contributed by atoms with Crippen LogP contribution in [0.5, 0.6) is 0 Å². The highest BCUT2D eigenvalue weighted by Crippen LogP contribution is 2.40. The molecular weight excluding hydrogens is 511 g/mol. The average Bonchev–Trinajstić information content (AvgIpc) is 2.87. The van der Waals surface area contributed by atoms with Crippen LogP contribution in [0.1, 0.15) is 85.2 Å². The number of carbonyl (C=O) groups excluding carboxylic acids is 2. The van der Waals surface area contributed by atoms with E-state index in [4.69, 9.17) is 0 Å². The largest absolute Gasteiger partial charge is 0.304 e. The van der Waals surface area contributed by atoms with Crippen LogP contribution in [-0.4, -0.2) is 60.6 Å². The van der Waals surface area contributed by atoms with Crippen molar-refractivity contribution in [3.63, 3.8) is 0 Å². The first-order chi connectivity index (χ1) is 16.5. The van der Waals surface area contributed by atoms with Gasteiger partial charge in [-0.3, -0.25) is 9.59 Å². The standard InChI is InChI=1S/C29H40N2O2S.2ClH/c1-5-30(6-2)17-9-11-26(32)22-13-15-28-24(19-22)21-25-20-23(14-16-29(25)34-28)27(33)12-10-18-31(7-3)8-4;;/h13-16,19-20H,5-12,17-18,21H2,1-4H3;2*1H. The zero-order valence-electron chi connectivity index (χ0n) is 22.2. The summed E-state index contributed by atoms with van der Waals surface area (Å²) in [6.07, 6.45) is 3.75. The number of Topliss-reactive ketones (excluding diaryl/α,β-unsaturated/α-hetero) is 2. The summed E-state index contributed by atoms with van der Waals surface area (Å²) >= 11 is 1.74. The zero-order chi connectivity index (χ0) is 24.5. The van der Waals surface area contributed by atoms with Crippen molar-refractivity contribution in [1.29, 1.82) is 0 Å². The van der Waals surface area contributed by atoms with E-state index in [1.165, 1.54) is 20.9 Å². The van der Waals surface area contributed by atoms with E-state index in [1.807, 2.05) is 12.1 Å². The Bertz CT molecular complexity index is 914. The summed E-state index contributed by atoms with van der Waals surface area (Å²) < 4.78 is 0. The van der Waals surface area contributed by atoms with Gasteiger partial charge in [-0.1, -0.05) is 51.6 Å². The van der Waals surface area contributed by atoms with Crippen molar-refractivity contribution in [2.75, 3.05) is 39.3 Å². The second-order valence-electron chi connectivity index (χ2n) is 9.03. The van der Waals surface area contributed by atoms with Gasteiger partial charge in [0.25, 0.3) is 0 Å². The Kier molecular flexibility index (Phi) is 14.9. The van der Waals surface area contributed by atoms with E-state index in [0.717, 1.165) is 69.7 Å². The van der Waals surface area contributed by atoms with Crippen molar-refractivity contribution in [3.8, 4) is 0 Å². The highest BCUT2D eigenvalue weighted by Gasteiger charge is 2.20. The second kappa shape index (κ2) is 16.5. The number of halogens is 2. The Morgan fingerprint density at radius 1 is 0.694 bits per heavy atom. The minimum Gasteiger partial charge on any atom is -0.304 e. The third-order valence-corrected chi connectivity index (χ3v) is 8.15. The minimum atomic E-state index is 0. The second-order valence-corrected chi connectivity index (χ2v) is 10.1. The van der Waals surface area contributed by atoms with Crippen LogP contribution in [0.3, 0.4) is 0 Å². The molecule has 2 aromatic carbocycles. The van der Waals surface area contributed by atoms with Crippen molar-refractivity contribution in [1.82, 2.24) is 9.80 Å². The Morgan fingerprint density at radius 2 is 1.08 bits per heavy atom. The topological polar surface area (TPSA) is 40.6 Å². The number of rotatable bonds is 14. The molecule has 7 heteroatoms. The summed E-state index contributed by atoms with van der Waals surface area (Å²) in [5.74, 6) is 0.450. The van der Waals surface area contributed by atoms with Crippen LogP contribution < -0.4 is 0 Å². The first-order valence-electron chi connectivity index (χ1n) is 12.9. The first-order valence-corrected chi connectivity index (χ1v) is 13.7. The quantitative estimate of drug-likeness (QED) is 0.198. The molecule has 0 spiro atoms. The smallest absolute Gasteiger partial charge is 0.162 e. The lowest BCUT2D eigenvalue weighted by Crippen LogP contribution is -2.24. The summed E-state index contributed by atoms with van der Waals surface area (Å²) in [5.41, 5.74) is 4.01. The summed E-state index contributed by atoms with van der Waals surface area (Å²) in [5, 5.41) is 0. The Balaban J connectivity index is 0.00000324. The summed E-state index contributed by atoms with van der Waals surface area (Å²) in [6.45, 7) is 14.7. The maximum Gasteiger partial charge on any atom is 0.162 e. The lowest BCUT2D eigenvalue weighted by atomic mass is 9.96. The van der Waals surface area contributed by atoms with Crippen LogP contribution in [0, 0.1) is 0 Å². The predicted molar refractivity (Wildman–Crippen MR) is 157 cm³/mol. The molecule has 0 fully saturated rings. The number of nitrogens with zero attached hydrogens (tertiary/aromatic N) is 2. The summed E-state index contributed by atoms with van der Waals surface area (Å²) in [6, 6.07) is 12.3. The van der Waals surface area contributed by atoms with Gasteiger partial charge >= 0.3 is 0 Å². The number of hydrogen-bond donors (Lipinski definition) is 0. The minimum absolute atomic E-state index is 0. The van der Waals surface area contributed by atoms with Gasteiger partial charge in [-0.25, -0.2) is 0 Å². The van der Waals surface area contributed by atoms with Gasteiger partial charge in [-0.15, -0.1) is 24.8 Å². The van der Waals surface area contributed by atoms with Gasteiger partial charge in [-0.05, 0) is 93.9 Å². The number of hydrogen-bond acceptors (Lipinski definition) is 5. The highest BCUT2D eigenvalue weighted by atomic mass is 35.5. The molecule has 36 heavy (non-hydrogen) atoms. The van der Waals surface area contributed by atoms with E-state index in [9.17, 15) is 9.59 Å². The molecular formula is C29H42Cl2N2O2S. The molecule has 0 radical (unpaired) electrons. The molecule has 1 heterocycles.